The third kappa shape index (κ3) is 7.70. The Bertz CT molecular complexity index is 633. The molecule has 0 saturated heterocycles. The van der Waals surface area contributed by atoms with Gasteiger partial charge in [0.15, 0.2) is 0 Å². The Morgan fingerprint density at radius 3 is 1.36 bits per heavy atom. The number of hydrogen-bond donors (Lipinski definition) is 0. The van der Waals surface area contributed by atoms with E-state index < -0.39 is 19.5 Å². The molecule has 0 saturated carbocycles. The van der Waals surface area contributed by atoms with Crippen LogP contribution in [0.2, 0.25) is 0 Å². The summed E-state index contributed by atoms with van der Waals surface area (Å²) in [7, 11) is 4.53. The molecule has 2 rings (SSSR count). The molecule has 0 unspecified atom stereocenters. The molecule has 0 fully saturated rings. The van der Waals surface area contributed by atoms with Gasteiger partial charge in [0, 0.05) is 5.56 Å². The zero-order valence-corrected chi connectivity index (χ0v) is 17.0. The van der Waals surface area contributed by atoms with Gasteiger partial charge in [0.2, 0.25) is 0 Å². The van der Waals surface area contributed by atoms with E-state index in [2.05, 4.69) is 88.6 Å². The average Bonchev–Trinajstić information content (AvgIpc) is 2.45. The summed E-state index contributed by atoms with van der Waals surface area (Å²) in [5.74, 6) is 0. The molecule has 8 heteroatoms. The Morgan fingerprint density at radius 2 is 1.00 bits per heavy atom. The van der Waals surface area contributed by atoms with Gasteiger partial charge in [0.25, 0.3) is 0 Å². The second-order valence-electron chi connectivity index (χ2n) is 6.67. The first kappa shape index (κ1) is 21.8. The van der Waals surface area contributed by atoms with E-state index >= 15 is 0 Å². The summed E-state index contributed by atoms with van der Waals surface area (Å²) < 4.78 is 60.4. The monoisotopic (exact) mass is 475 g/mol. The minimum absolute atomic E-state index is 0.0304. The van der Waals surface area contributed by atoms with Gasteiger partial charge < -0.3 is 0 Å². The van der Waals surface area contributed by atoms with Crippen LogP contribution in [0.5, 0.6) is 0 Å². The van der Waals surface area contributed by atoms with Gasteiger partial charge in [-0.15, -0.1) is 0 Å². The molecule has 25 heavy (non-hydrogen) atoms. The first-order valence-electron chi connectivity index (χ1n) is 7.43. The number of halogens is 6. The van der Waals surface area contributed by atoms with Gasteiger partial charge in [0.05, 0.1) is 14.1 Å². The van der Waals surface area contributed by atoms with Crippen molar-refractivity contribution in [3.63, 3.8) is 0 Å². The molecule has 0 aliphatic rings. The molecule has 0 aliphatic carbocycles. The van der Waals surface area contributed by atoms with Crippen LogP contribution in [0.25, 0.3) is 0 Å². The van der Waals surface area contributed by atoms with Crippen molar-refractivity contribution in [2.24, 2.45) is 0 Å². The van der Waals surface area contributed by atoms with Crippen LogP contribution in [-0.4, -0.2) is 33.6 Å². The fraction of sp³-hybridized carbons (Fsp3) is 0.294. The molecule has 0 spiro atoms. The summed E-state index contributed by atoms with van der Waals surface area (Å²) in [6.45, 7) is 4.60. The van der Waals surface area contributed by atoms with Gasteiger partial charge in [-0.3, -0.25) is 4.48 Å². The van der Waals surface area contributed by atoms with Gasteiger partial charge in [-0.05, 0) is 26.0 Å². The Morgan fingerprint density at radius 1 is 0.680 bits per heavy atom. The average molecular weight is 476 g/mol. The van der Waals surface area contributed by atoms with Crippen LogP contribution in [0, 0.1) is 0 Å². The van der Waals surface area contributed by atoms with Crippen LogP contribution >= 0.6 is 0 Å². The Hall–Kier alpha value is -1.20. The van der Waals surface area contributed by atoms with E-state index in [1.807, 2.05) is 0 Å². The molecule has 1 nitrogen and oxygen atoms in total. The summed E-state index contributed by atoms with van der Waals surface area (Å²) in [5.41, 5.74) is 2.72. The molecule has 0 heterocycles. The van der Waals surface area contributed by atoms with Crippen molar-refractivity contribution >= 4 is 25.2 Å². The summed E-state index contributed by atoms with van der Waals surface area (Å²) in [4.78, 5) is 0. The molecule has 0 amide bonds. The molecule has 0 aromatic heterocycles. The molecular formula is C17H22F6NSb. The zero-order valence-electron chi connectivity index (χ0n) is 14.4. The fourth-order valence-electron chi connectivity index (χ4n) is 2.29. The van der Waals surface area contributed by atoms with Crippen molar-refractivity contribution in [2.75, 3.05) is 14.1 Å². The van der Waals surface area contributed by atoms with Crippen LogP contribution in [0.3, 0.4) is 0 Å². The number of rotatable bonds is 3. The number of benzene rings is 2. The van der Waals surface area contributed by atoms with Crippen molar-refractivity contribution in [3.8, 4) is 0 Å². The maximum atomic E-state index is 9.93. The summed E-state index contributed by atoms with van der Waals surface area (Å²) in [6.07, 6.45) is 0. The fourth-order valence-corrected chi connectivity index (χ4v) is 2.29. The summed E-state index contributed by atoms with van der Waals surface area (Å²) >= 11 is -11.2. The first-order chi connectivity index (χ1) is 10.9. The number of hydrogen-bond acceptors (Lipinski definition) is 0. The second-order valence-corrected chi connectivity index (χ2v) is 12.1. The maximum absolute atomic E-state index is 11.2. The van der Waals surface area contributed by atoms with Crippen LogP contribution in [-0.2, 0) is 5.54 Å². The van der Waals surface area contributed by atoms with E-state index in [4.69, 9.17) is 0 Å². The second kappa shape index (κ2) is 6.20. The van der Waals surface area contributed by atoms with Crippen molar-refractivity contribution in [2.45, 2.75) is 19.4 Å². The molecule has 0 radical (unpaired) electrons. The molecule has 2 aromatic rings. The summed E-state index contributed by atoms with van der Waals surface area (Å²) in [5, 5.41) is 0. The van der Waals surface area contributed by atoms with E-state index in [1.54, 1.807) is 0 Å². The van der Waals surface area contributed by atoms with E-state index in [0.717, 1.165) is 4.48 Å². The Labute approximate surface area is 146 Å². The molecular weight excluding hydrogens is 454 g/mol. The van der Waals surface area contributed by atoms with Gasteiger partial charge in [-0.2, -0.15) is 0 Å². The predicted octanol–water partition coefficient (Wildman–Crippen LogP) is 6.33. The third-order valence-electron chi connectivity index (χ3n) is 4.28. The first-order valence-corrected chi connectivity index (χ1v) is 13.2. The molecule has 0 bridgehead atoms. The number of quaternary nitrogens is 1. The topological polar surface area (TPSA) is 0 Å². The minimum atomic E-state index is -11.2. The van der Waals surface area contributed by atoms with Gasteiger partial charge in [-0.1, -0.05) is 48.5 Å². The molecule has 0 atom stereocenters. The third-order valence-corrected chi connectivity index (χ3v) is 4.28. The Balaban J connectivity index is 0.000000381. The van der Waals surface area contributed by atoms with Crippen molar-refractivity contribution in [1.82, 2.24) is 4.48 Å². The molecule has 2 aromatic carbocycles. The summed E-state index contributed by atoms with van der Waals surface area (Å²) in [6, 6.07) is 21.4. The van der Waals surface area contributed by atoms with Crippen LogP contribution < -0.4 is 4.48 Å². The van der Waals surface area contributed by atoms with Gasteiger partial charge >= 0.3 is 36.4 Å². The molecule has 142 valence electrons. The number of nitrogens with zero attached hydrogens (tertiary/aromatic N) is 1. The SMILES string of the molecule is CC(C)(c1ccccc1)[N+](C)(C)c1ccccc1.[F][Sb-]([F])([F])([F])([F])[F]. The molecule has 0 aliphatic heterocycles. The van der Waals surface area contributed by atoms with Crippen LogP contribution in [0.1, 0.15) is 19.4 Å². The Kier molecular flexibility index (Phi) is 5.42. The van der Waals surface area contributed by atoms with Gasteiger partial charge in [-0.25, -0.2) is 0 Å². The standard InChI is InChI=1S/C17H22N.6FH.Sb/c1-17(2,15-11-7-5-8-12-15)18(3,4)16-13-9-6-10-14-16;;;;;;;/h5-14H,1-4H3;6*1H;/q+1;;;;;;;+5/p-6. The number of para-hydroxylation sites is 1. The van der Waals surface area contributed by atoms with E-state index in [1.165, 1.54) is 11.3 Å². The molecule has 0 N–H and O–H groups in total. The van der Waals surface area contributed by atoms with Crippen molar-refractivity contribution < 1.29 is 16.9 Å². The predicted molar refractivity (Wildman–Crippen MR) is 92.0 cm³/mol. The van der Waals surface area contributed by atoms with Crippen LogP contribution in [0.4, 0.5) is 22.6 Å². The van der Waals surface area contributed by atoms with Crippen molar-refractivity contribution in [3.05, 3.63) is 66.2 Å². The quantitative estimate of drug-likeness (QED) is 0.276. The normalized spacial score (nSPS) is 15.4. The van der Waals surface area contributed by atoms with E-state index in [-0.39, 0.29) is 5.54 Å². The van der Waals surface area contributed by atoms with Crippen molar-refractivity contribution in [1.29, 1.82) is 0 Å². The zero-order chi connectivity index (χ0) is 19.6. The van der Waals surface area contributed by atoms with E-state index in [9.17, 15) is 16.9 Å². The van der Waals surface area contributed by atoms with Crippen LogP contribution in [0.15, 0.2) is 60.7 Å². The van der Waals surface area contributed by atoms with Gasteiger partial charge in [0.1, 0.15) is 11.2 Å². The van der Waals surface area contributed by atoms with E-state index in [0.29, 0.717) is 0 Å².